The number of aromatic nitrogens is 1. The van der Waals surface area contributed by atoms with Gasteiger partial charge in [0.25, 0.3) is 0 Å². The number of rotatable bonds is 3. The summed E-state index contributed by atoms with van der Waals surface area (Å²) < 4.78 is 5.64. The third kappa shape index (κ3) is 3.71. The number of likely N-dealkylation sites (tertiary alicyclic amines) is 1. The lowest BCUT2D eigenvalue weighted by molar-refractivity contribution is 0.0461. The van der Waals surface area contributed by atoms with Gasteiger partial charge in [-0.1, -0.05) is 17.7 Å². The number of benzene rings is 1. The average molecular weight is 329 g/mol. The van der Waals surface area contributed by atoms with Crippen molar-refractivity contribution in [1.29, 1.82) is 5.26 Å². The molecule has 3 rings (SSSR count). The van der Waals surface area contributed by atoms with Crippen LogP contribution < -0.4 is 10.1 Å². The van der Waals surface area contributed by atoms with Gasteiger partial charge in [0.15, 0.2) is 0 Å². The second-order valence-electron chi connectivity index (χ2n) is 5.08. The van der Waals surface area contributed by atoms with Crippen LogP contribution in [-0.4, -0.2) is 35.1 Å². The number of amides is 2. The Bertz CT molecular complexity index is 769. The van der Waals surface area contributed by atoms with Crippen molar-refractivity contribution in [1.82, 2.24) is 9.88 Å². The summed E-state index contributed by atoms with van der Waals surface area (Å²) in [6, 6.07) is 12.0. The predicted octanol–water partition coefficient (Wildman–Crippen LogP) is 2.90. The van der Waals surface area contributed by atoms with E-state index < -0.39 is 0 Å². The van der Waals surface area contributed by atoms with Crippen LogP contribution in [0.2, 0.25) is 5.02 Å². The van der Waals surface area contributed by atoms with E-state index in [1.807, 2.05) is 6.07 Å². The minimum atomic E-state index is -0.203. The average Bonchev–Trinajstić information content (AvgIpc) is 2.50. The number of nitriles is 1. The smallest absolute Gasteiger partial charge is 0.322 e. The number of pyridine rings is 1. The normalized spacial score (nSPS) is 13.8. The summed E-state index contributed by atoms with van der Waals surface area (Å²) in [7, 11) is 0. The van der Waals surface area contributed by atoms with E-state index in [0.717, 1.165) is 0 Å². The van der Waals surface area contributed by atoms with Gasteiger partial charge in [-0.15, -0.1) is 0 Å². The Morgan fingerprint density at radius 2 is 2.22 bits per heavy atom. The zero-order valence-corrected chi connectivity index (χ0v) is 12.8. The minimum absolute atomic E-state index is 0.124. The third-order valence-electron chi connectivity index (χ3n) is 3.36. The first-order valence-corrected chi connectivity index (χ1v) is 7.36. The molecule has 0 saturated carbocycles. The topological polar surface area (TPSA) is 78.2 Å². The molecule has 1 aliphatic rings. The first kappa shape index (κ1) is 15.1. The molecule has 1 fully saturated rings. The second-order valence-corrected chi connectivity index (χ2v) is 5.52. The van der Waals surface area contributed by atoms with E-state index in [2.05, 4.69) is 10.3 Å². The van der Waals surface area contributed by atoms with Crippen LogP contribution in [0.3, 0.4) is 0 Å². The SMILES string of the molecule is N#Cc1ccnc(OC2CN(C(=O)Nc3cccc(Cl)c3)C2)c1. The molecule has 1 aliphatic heterocycles. The highest BCUT2D eigenvalue weighted by Crippen LogP contribution is 2.19. The Labute approximate surface area is 138 Å². The number of halogens is 1. The molecule has 0 spiro atoms. The van der Waals surface area contributed by atoms with Crippen molar-refractivity contribution in [2.45, 2.75) is 6.10 Å². The molecule has 2 aromatic rings. The molecule has 1 aromatic carbocycles. The molecule has 23 heavy (non-hydrogen) atoms. The number of hydrogen-bond donors (Lipinski definition) is 1. The maximum atomic E-state index is 12.1. The van der Waals surface area contributed by atoms with Crippen LogP contribution in [0.15, 0.2) is 42.6 Å². The van der Waals surface area contributed by atoms with Gasteiger partial charge in [-0.3, -0.25) is 0 Å². The van der Waals surface area contributed by atoms with Gasteiger partial charge >= 0.3 is 6.03 Å². The van der Waals surface area contributed by atoms with E-state index in [1.54, 1.807) is 41.3 Å². The highest BCUT2D eigenvalue weighted by Gasteiger charge is 2.32. The van der Waals surface area contributed by atoms with E-state index in [-0.39, 0.29) is 12.1 Å². The standard InChI is InChI=1S/C16H13ClN4O2/c17-12-2-1-3-13(7-12)20-16(22)21-9-14(10-21)23-15-6-11(8-18)4-5-19-15/h1-7,14H,9-10H2,(H,20,22). The summed E-state index contributed by atoms with van der Waals surface area (Å²) >= 11 is 5.88. The van der Waals surface area contributed by atoms with Crippen molar-refractivity contribution >= 4 is 23.3 Å². The molecule has 0 radical (unpaired) electrons. The minimum Gasteiger partial charge on any atom is -0.471 e. The Hall–Kier alpha value is -2.78. The predicted molar refractivity (Wildman–Crippen MR) is 85.4 cm³/mol. The lowest BCUT2D eigenvalue weighted by atomic mass is 10.2. The fraction of sp³-hybridized carbons (Fsp3) is 0.188. The number of nitrogens with one attached hydrogen (secondary N) is 1. The van der Waals surface area contributed by atoms with E-state index >= 15 is 0 Å². The molecule has 0 atom stereocenters. The number of carbonyl (C=O) groups excluding carboxylic acids is 1. The van der Waals surface area contributed by atoms with Crippen molar-refractivity contribution in [3.63, 3.8) is 0 Å². The molecule has 1 saturated heterocycles. The highest BCUT2D eigenvalue weighted by atomic mass is 35.5. The van der Waals surface area contributed by atoms with Gasteiger partial charge in [0.1, 0.15) is 6.10 Å². The molecule has 0 bridgehead atoms. The van der Waals surface area contributed by atoms with E-state index in [4.69, 9.17) is 21.6 Å². The van der Waals surface area contributed by atoms with Crippen LogP contribution in [0, 0.1) is 11.3 Å². The van der Waals surface area contributed by atoms with Crippen molar-refractivity contribution in [3.8, 4) is 11.9 Å². The summed E-state index contributed by atoms with van der Waals surface area (Å²) in [5, 5.41) is 12.2. The van der Waals surface area contributed by atoms with Gasteiger partial charge < -0.3 is 15.0 Å². The number of ether oxygens (including phenoxy) is 1. The molecule has 116 valence electrons. The molecular formula is C16H13ClN4O2. The number of urea groups is 1. The fourth-order valence-electron chi connectivity index (χ4n) is 2.16. The molecule has 2 amide bonds. The van der Waals surface area contributed by atoms with E-state index in [0.29, 0.717) is 35.2 Å². The number of anilines is 1. The van der Waals surface area contributed by atoms with E-state index in [9.17, 15) is 4.79 Å². The largest absolute Gasteiger partial charge is 0.471 e. The summed E-state index contributed by atoms with van der Waals surface area (Å²) in [5.41, 5.74) is 1.14. The van der Waals surface area contributed by atoms with Crippen LogP contribution in [0.5, 0.6) is 5.88 Å². The molecule has 7 heteroatoms. The number of nitrogens with zero attached hydrogens (tertiary/aromatic N) is 3. The molecule has 1 N–H and O–H groups in total. The lowest BCUT2D eigenvalue weighted by Gasteiger charge is -2.38. The Kier molecular flexibility index (Phi) is 4.31. The quantitative estimate of drug-likeness (QED) is 0.939. The summed E-state index contributed by atoms with van der Waals surface area (Å²) in [4.78, 5) is 17.7. The number of carbonyl (C=O) groups is 1. The van der Waals surface area contributed by atoms with Gasteiger partial charge in [0.2, 0.25) is 5.88 Å². The van der Waals surface area contributed by atoms with Crippen molar-refractivity contribution in [2.24, 2.45) is 0 Å². The fourth-order valence-corrected chi connectivity index (χ4v) is 2.35. The molecule has 1 aromatic heterocycles. The van der Waals surface area contributed by atoms with Gasteiger partial charge in [-0.2, -0.15) is 5.26 Å². The van der Waals surface area contributed by atoms with Crippen molar-refractivity contribution in [2.75, 3.05) is 18.4 Å². The Morgan fingerprint density at radius 1 is 1.39 bits per heavy atom. The monoisotopic (exact) mass is 328 g/mol. The first-order valence-electron chi connectivity index (χ1n) is 6.98. The maximum Gasteiger partial charge on any atom is 0.322 e. The molecule has 6 nitrogen and oxygen atoms in total. The van der Waals surface area contributed by atoms with Gasteiger partial charge in [0.05, 0.1) is 24.7 Å². The van der Waals surface area contributed by atoms with Gasteiger partial charge in [-0.05, 0) is 24.3 Å². The Morgan fingerprint density at radius 3 is 2.96 bits per heavy atom. The zero-order valence-electron chi connectivity index (χ0n) is 12.1. The highest BCUT2D eigenvalue weighted by molar-refractivity contribution is 6.30. The molecule has 2 heterocycles. The summed E-state index contributed by atoms with van der Waals surface area (Å²) in [6.45, 7) is 0.926. The molecule has 0 aliphatic carbocycles. The first-order chi connectivity index (χ1) is 11.1. The Balaban J connectivity index is 1.50. The van der Waals surface area contributed by atoms with Crippen molar-refractivity contribution < 1.29 is 9.53 Å². The second kappa shape index (κ2) is 6.55. The van der Waals surface area contributed by atoms with Crippen LogP contribution in [0.25, 0.3) is 0 Å². The van der Waals surface area contributed by atoms with Gasteiger partial charge in [0, 0.05) is 23.0 Å². The molecule has 0 unspecified atom stereocenters. The van der Waals surface area contributed by atoms with Gasteiger partial charge in [-0.25, -0.2) is 9.78 Å². The van der Waals surface area contributed by atoms with Crippen LogP contribution >= 0.6 is 11.6 Å². The van der Waals surface area contributed by atoms with Crippen LogP contribution in [-0.2, 0) is 0 Å². The van der Waals surface area contributed by atoms with Crippen LogP contribution in [0.4, 0.5) is 10.5 Å². The summed E-state index contributed by atoms with van der Waals surface area (Å²) in [6.07, 6.45) is 1.40. The zero-order chi connectivity index (χ0) is 16.2. The molecular weight excluding hydrogens is 316 g/mol. The lowest BCUT2D eigenvalue weighted by Crippen LogP contribution is -2.57. The maximum absolute atomic E-state index is 12.1. The van der Waals surface area contributed by atoms with Crippen molar-refractivity contribution in [3.05, 3.63) is 53.2 Å². The van der Waals surface area contributed by atoms with Crippen LogP contribution in [0.1, 0.15) is 5.56 Å². The number of hydrogen-bond acceptors (Lipinski definition) is 4. The van der Waals surface area contributed by atoms with E-state index in [1.165, 1.54) is 6.20 Å². The third-order valence-corrected chi connectivity index (χ3v) is 3.60. The summed E-state index contributed by atoms with van der Waals surface area (Å²) in [5.74, 6) is 0.393.